The second-order valence-electron chi connectivity index (χ2n) is 5.69. The van der Waals surface area contributed by atoms with E-state index >= 15 is 0 Å². The second-order valence-corrected chi connectivity index (χ2v) is 6.54. The zero-order chi connectivity index (χ0) is 14.5. The largest absolute Gasteiger partial charge is 0.367 e. The van der Waals surface area contributed by atoms with Crippen LogP contribution in [0.5, 0.6) is 0 Å². The predicted molar refractivity (Wildman–Crippen MR) is 90.4 cm³/mol. The molecule has 1 aromatic rings. The molecule has 1 unspecified atom stereocenters. The first kappa shape index (κ1) is 15.8. The van der Waals surface area contributed by atoms with E-state index in [4.69, 9.17) is 5.73 Å². The van der Waals surface area contributed by atoms with Crippen molar-refractivity contribution in [3.05, 3.63) is 28.2 Å². The summed E-state index contributed by atoms with van der Waals surface area (Å²) in [6.45, 7) is 6.47. The summed E-state index contributed by atoms with van der Waals surface area (Å²) in [5.41, 5.74) is 8.29. The Morgan fingerprint density at radius 3 is 2.80 bits per heavy atom. The van der Waals surface area contributed by atoms with Gasteiger partial charge < -0.3 is 15.5 Å². The molecule has 1 fully saturated rings. The summed E-state index contributed by atoms with van der Waals surface area (Å²) in [6.07, 6.45) is 3.35. The monoisotopic (exact) mass is 339 g/mol. The average Bonchev–Trinajstić information content (AvgIpc) is 2.62. The van der Waals surface area contributed by atoms with E-state index < -0.39 is 0 Å². The van der Waals surface area contributed by atoms with Crippen molar-refractivity contribution in [3.63, 3.8) is 0 Å². The molecule has 20 heavy (non-hydrogen) atoms. The summed E-state index contributed by atoms with van der Waals surface area (Å²) in [4.78, 5) is 5.02. The highest BCUT2D eigenvalue weighted by Crippen LogP contribution is 2.27. The molecule has 1 heterocycles. The maximum atomic E-state index is 5.65. The lowest BCUT2D eigenvalue weighted by molar-refractivity contribution is 0.328. The van der Waals surface area contributed by atoms with Gasteiger partial charge in [0.1, 0.15) is 0 Å². The highest BCUT2D eigenvalue weighted by molar-refractivity contribution is 9.10. The predicted octanol–water partition coefficient (Wildman–Crippen LogP) is 2.87. The number of halogens is 1. The number of nitrogens with zero attached hydrogens (tertiary/aromatic N) is 2. The minimum atomic E-state index is 0.606. The smallest absolute Gasteiger partial charge is 0.0414 e. The van der Waals surface area contributed by atoms with Gasteiger partial charge >= 0.3 is 0 Å². The van der Waals surface area contributed by atoms with Crippen LogP contribution < -0.4 is 10.6 Å². The van der Waals surface area contributed by atoms with Crippen molar-refractivity contribution in [1.82, 2.24) is 4.90 Å². The van der Waals surface area contributed by atoms with Gasteiger partial charge in [0.05, 0.1) is 0 Å². The molecule has 2 N–H and O–H groups in total. The van der Waals surface area contributed by atoms with Crippen molar-refractivity contribution in [1.29, 1.82) is 0 Å². The molecule has 0 bridgehead atoms. The first-order chi connectivity index (χ1) is 9.65. The van der Waals surface area contributed by atoms with Gasteiger partial charge in [0.15, 0.2) is 0 Å². The fraction of sp³-hybridized carbons (Fsp3) is 0.625. The maximum absolute atomic E-state index is 5.65. The molecular weight excluding hydrogens is 314 g/mol. The number of anilines is 1. The fourth-order valence-corrected chi connectivity index (χ4v) is 3.57. The first-order valence-corrected chi connectivity index (χ1v) is 8.38. The molecule has 1 atom stereocenters. The van der Waals surface area contributed by atoms with Crippen LogP contribution in [-0.4, -0.2) is 44.2 Å². The molecule has 0 aliphatic carbocycles. The van der Waals surface area contributed by atoms with E-state index in [2.05, 4.69) is 57.9 Å². The number of hydrogen-bond donors (Lipinski definition) is 1. The minimum absolute atomic E-state index is 0.606. The molecule has 1 aromatic carbocycles. The summed E-state index contributed by atoms with van der Waals surface area (Å²) >= 11 is 3.70. The van der Waals surface area contributed by atoms with Gasteiger partial charge in [0.25, 0.3) is 0 Å². The van der Waals surface area contributed by atoms with Crippen LogP contribution in [0.3, 0.4) is 0 Å². The number of benzene rings is 1. The molecule has 2 rings (SSSR count). The third kappa shape index (κ3) is 3.74. The van der Waals surface area contributed by atoms with Gasteiger partial charge in [-0.1, -0.05) is 28.9 Å². The molecule has 1 saturated heterocycles. The SMILES string of the molecule is CCC1CN(C)CCCN1c1ccc(CCN)c(Br)c1. The molecule has 112 valence electrons. The molecule has 0 amide bonds. The molecule has 0 aromatic heterocycles. The molecule has 1 aliphatic rings. The van der Waals surface area contributed by atoms with Gasteiger partial charge in [0, 0.05) is 29.3 Å². The quantitative estimate of drug-likeness (QED) is 0.915. The minimum Gasteiger partial charge on any atom is -0.367 e. The Morgan fingerprint density at radius 2 is 2.15 bits per heavy atom. The summed E-state index contributed by atoms with van der Waals surface area (Å²) in [6, 6.07) is 7.34. The van der Waals surface area contributed by atoms with Gasteiger partial charge in [-0.05, 0) is 57.1 Å². The lowest BCUT2D eigenvalue weighted by atomic mass is 10.1. The number of hydrogen-bond acceptors (Lipinski definition) is 3. The van der Waals surface area contributed by atoms with Crippen LogP contribution in [0, 0.1) is 0 Å². The lowest BCUT2D eigenvalue weighted by Crippen LogP contribution is -2.39. The second kappa shape index (κ2) is 7.43. The van der Waals surface area contributed by atoms with Crippen molar-refractivity contribution >= 4 is 21.6 Å². The molecule has 0 saturated carbocycles. The van der Waals surface area contributed by atoms with Crippen LogP contribution in [0.1, 0.15) is 25.3 Å². The van der Waals surface area contributed by atoms with E-state index in [9.17, 15) is 0 Å². The van der Waals surface area contributed by atoms with Crippen LogP contribution in [0.4, 0.5) is 5.69 Å². The summed E-state index contributed by atoms with van der Waals surface area (Å²) in [5.74, 6) is 0. The summed E-state index contributed by atoms with van der Waals surface area (Å²) in [7, 11) is 2.23. The standard InChI is InChI=1S/C16H26BrN3/c1-3-14-12-19(2)9-4-10-20(14)15-6-5-13(7-8-18)16(17)11-15/h5-6,11,14H,3-4,7-10,12,18H2,1-2H3. The Hall–Kier alpha value is -0.580. The number of likely N-dealkylation sites (N-methyl/N-ethyl adjacent to an activating group) is 1. The Kier molecular flexibility index (Phi) is 5.87. The Bertz CT molecular complexity index is 436. The van der Waals surface area contributed by atoms with Crippen LogP contribution in [0.15, 0.2) is 22.7 Å². The normalized spacial score (nSPS) is 21.0. The van der Waals surface area contributed by atoms with Crippen LogP contribution in [0.25, 0.3) is 0 Å². The van der Waals surface area contributed by atoms with Gasteiger partial charge in [-0.15, -0.1) is 0 Å². The Labute approximate surface area is 131 Å². The molecular formula is C16H26BrN3. The number of rotatable bonds is 4. The van der Waals surface area contributed by atoms with Crippen molar-refractivity contribution < 1.29 is 0 Å². The highest BCUT2D eigenvalue weighted by atomic mass is 79.9. The maximum Gasteiger partial charge on any atom is 0.0414 e. The third-order valence-electron chi connectivity index (χ3n) is 4.16. The molecule has 3 nitrogen and oxygen atoms in total. The molecule has 4 heteroatoms. The highest BCUT2D eigenvalue weighted by Gasteiger charge is 2.22. The summed E-state index contributed by atoms with van der Waals surface area (Å²) < 4.78 is 1.19. The zero-order valence-corrected chi connectivity index (χ0v) is 14.2. The zero-order valence-electron chi connectivity index (χ0n) is 12.6. The van der Waals surface area contributed by atoms with Crippen LogP contribution in [-0.2, 0) is 6.42 Å². The van der Waals surface area contributed by atoms with Gasteiger partial charge in [-0.2, -0.15) is 0 Å². The van der Waals surface area contributed by atoms with E-state index in [1.807, 2.05) is 0 Å². The van der Waals surface area contributed by atoms with Gasteiger partial charge in [0.2, 0.25) is 0 Å². The molecule has 0 spiro atoms. The third-order valence-corrected chi connectivity index (χ3v) is 4.89. The van der Waals surface area contributed by atoms with E-state index in [1.54, 1.807) is 0 Å². The summed E-state index contributed by atoms with van der Waals surface area (Å²) in [5, 5.41) is 0. The fourth-order valence-electron chi connectivity index (χ4n) is 3.01. The van der Waals surface area contributed by atoms with Crippen molar-refractivity contribution in [2.75, 3.05) is 38.1 Å². The van der Waals surface area contributed by atoms with Crippen molar-refractivity contribution in [2.24, 2.45) is 5.73 Å². The Morgan fingerprint density at radius 1 is 1.35 bits per heavy atom. The van der Waals surface area contributed by atoms with E-state index in [0.29, 0.717) is 12.6 Å². The lowest BCUT2D eigenvalue weighted by Gasteiger charge is -2.32. The van der Waals surface area contributed by atoms with Gasteiger partial charge in [-0.3, -0.25) is 0 Å². The van der Waals surface area contributed by atoms with Crippen LogP contribution in [0.2, 0.25) is 0 Å². The first-order valence-electron chi connectivity index (χ1n) is 7.59. The topological polar surface area (TPSA) is 32.5 Å². The molecule has 1 aliphatic heterocycles. The van der Waals surface area contributed by atoms with Crippen molar-refractivity contribution in [2.45, 2.75) is 32.2 Å². The van der Waals surface area contributed by atoms with E-state index in [-0.39, 0.29) is 0 Å². The van der Waals surface area contributed by atoms with Crippen molar-refractivity contribution in [3.8, 4) is 0 Å². The molecule has 0 radical (unpaired) electrons. The average molecular weight is 340 g/mol. The van der Waals surface area contributed by atoms with Gasteiger partial charge in [-0.25, -0.2) is 0 Å². The number of nitrogens with two attached hydrogens (primary N) is 1. The van der Waals surface area contributed by atoms with E-state index in [1.165, 1.54) is 35.1 Å². The van der Waals surface area contributed by atoms with Crippen LogP contribution >= 0.6 is 15.9 Å². The Balaban J connectivity index is 2.21. The van der Waals surface area contributed by atoms with E-state index in [0.717, 1.165) is 19.5 Å².